The van der Waals surface area contributed by atoms with Crippen molar-refractivity contribution in [3.63, 3.8) is 0 Å². The molecule has 0 aromatic rings. The summed E-state index contributed by atoms with van der Waals surface area (Å²) in [7, 11) is -3.63. The van der Waals surface area contributed by atoms with E-state index in [1.807, 2.05) is 6.92 Å². The Morgan fingerprint density at radius 3 is 2.70 bits per heavy atom. The molecule has 0 aromatic heterocycles. The van der Waals surface area contributed by atoms with E-state index in [0.717, 1.165) is 12.8 Å². The zero-order valence-corrected chi connectivity index (χ0v) is 10.8. The van der Waals surface area contributed by atoms with Crippen LogP contribution in [-0.2, 0) is 11.1 Å². The second-order valence-corrected chi connectivity index (χ2v) is 5.41. The molecule has 1 N–H and O–H groups in total. The van der Waals surface area contributed by atoms with Gasteiger partial charge < -0.3 is 0 Å². The van der Waals surface area contributed by atoms with Crippen molar-refractivity contribution >= 4 is 7.82 Å². The van der Waals surface area contributed by atoms with Gasteiger partial charge in [0.2, 0.25) is 0 Å². The molecule has 0 heterocycles. The minimum atomic E-state index is -3.63. The van der Waals surface area contributed by atoms with Crippen molar-refractivity contribution in [2.24, 2.45) is 0 Å². The number of phosphoric ester groups is 1. The molecule has 0 rings (SSSR count). The number of unbranched alkanes of at least 4 members (excludes halogenated alkanes) is 1. The van der Waals surface area contributed by atoms with E-state index in [-0.39, 0.29) is 29.9 Å². The monoisotopic (exact) mass is 391 g/mol. The Morgan fingerprint density at radius 2 is 2.30 bits per heavy atom. The molecular weight excluding hydrogens is 381 g/mol. The van der Waals surface area contributed by atoms with Crippen molar-refractivity contribution in [2.45, 2.75) is 19.8 Å². The summed E-state index contributed by atoms with van der Waals surface area (Å²) < 4.78 is 19.5. The van der Waals surface area contributed by atoms with Crippen LogP contribution in [0.5, 0.6) is 0 Å². The predicted octanol–water partition coefficient (Wildman–Crippen LogP) is 1.38. The van der Waals surface area contributed by atoms with Crippen molar-refractivity contribution < 1.29 is 45.9 Å². The molecule has 0 spiro atoms. The molecule has 0 fully saturated rings. The SMILES string of the molecule is CCCCOP(=O)(O)[O][U]. The van der Waals surface area contributed by atoms with Gasteiger partial charge in [-0.1, -0.05) is 0 Å². The number of phosphoric acid groups is 1. The first kappa shape index (κ1) is 11.2. The molecule has 0 aliphatic carbocycles. The van der Waals surface area contributed by atoms with E-state index >= 15 is 0 Å². The van der Waals surface area contributed by atoms with E-state index in [1.54, 1.807) is 0 Å². The molecule has 10 heavy (non-hydrogen) atoms. The average Bonchev–Trinajstić information content (AvgIpc) is 1.89. The van der Waals surface area contributed by atoms with Gasteiger partial charge in [0, 0.05) is 0 Å². The summed E-state index contributed by atoms with van der Waals surface area (Å²) >= 11 is 0.0327. The topological polar surface area (TPSA) is 55.8 Å². The van der Waals surface area contributed by atoms with Gasteiger partial charge in [-0.05, 0) is 0 Å². The molecule has 1 unspecified atom stereocenters. The van der Waals surface area contributed by atoms with E-state index in [4.69, 9.17) is 4.89 Å². The van der Waals surface area contributed by atoms with Gasteiger partial charge in [-0.3, -0.25) is 0 Å². The number of hydrogen-bond donors (Lipinski definition) is 1. The van der Waals surface area contributed by atoms with Crippen LogP contribution in [0.15, 0.2) is 0 Å². The molecule has 6 heteroatoms. The van der Waals surface area contributed by atoms with Crippen molar-refractivity contribution in [3.8, 4) is 0 Å². The maximum atomic E-state index is 10.6. The Bertz CT molecular complexity index is 128. The van der Waals surface area contributed by atoms with Gasteiger partial charge in [0.05, 0.1) is 0 Å². The molecule has 0 saturated heterocycles. The van der Waals surface area contributed by atoms with E-state index in [1.165, 1.54) is 0 Å². The minimum absolute atomic E-state index is 0.0327. The fourth-order valence-electron chi connectivity index (χ4n) is 0.351. The third-order valence-corrected chi connectivity index (χ3v) is 4.49. The second kappa shape index (κ2) is 5.77. The Hall–Kier alpha value is 1.16. The molecule has 0 aliphatic heterocycles. The van der Waals surface area contributed by atoms with Crippen molar-refractivity contribution in [3.05, 3.63) is 0 Å². The van der Waals surface area contributed by atoms with Crippen molar-refractivity contribution in [1.29, 1.82) is 0 Å². The maximum absolute atomic E-state index is 10.6. The van der Waals surface area contributed by atoms with Crippen molar-refractivity contribution in [1.82, 2.24) is 0 Å². The van der Waals surface area contributed by atoms with Crippen LogP contribution in [0.1, 0.15) is 19.8 Å². The fourth-order valence-corrected chi connectivity index (χ4v) is 1.42. The van der Waals surface area contributed by atoms with Gasteiger partial charge in [0.15, 0.2) is 0 Å². The molecule has 1 atom stereocenters. The molecule has 0 amide bonds. The van der Waals surface area contributed by atoms with Gasteiger partial charge in [-0.25, -0.2) is 0 Å². The van der Waals surface area contributed by atoms with E-state index in [0.29, 0.717) is 6.61 Å². The summed E-state index contributed by atoms with van der Waals surface area (Å²) in [5.41, 5.74) is 0. The Labute approximate surface area is 79.9 Å². The van der Waals surface area contributed by atoms with Crippen LogP contribution in [-0.4, -0.2) is 11.5 Å². The quantitative estimate of drug-likeness (QED) is 0.569. The van der Waals surface area contributed by atoms with Crippen LogP contribution in [0.25, 0.3) is 0 Å². The molecule has 0 saturated carbocycles. The van der Waals surface area contributed by atoms with Gasteiger partial charge in [0.25, 0.3) is 0 Å². The third-order valence-electron chi connectivity index (χ3n) is 0.868. The molecule has 0 aliphatic rings. The zero-order valence-electron chi connectivity index (χ0n) is 5.74. The van der Waals surface area contributed by atoms with Crippen LogP contribution < -0.4 is 0 Å². The van der Waals surface area contributed by atoms with Gasteiger partial charge in [-0.15, -0.1) is 0 Å². The third kappa shape index (κ3) is 5.91. The summed E-state index contributed by atoms with van der Waals surface area (Å²) in [4.78, 5) is 8.70. The number of rotatable bonds is 5. The Kier molecular flexibility index (Phi) is 6.44. The first-order valence-electron chi connectivity index (χ1n) is 2.95. The van der Waals surface area contributed by atoms with E-state index < -0.39 is 7.82 Å². The van der Waals surface area contributed by atoms with Gasteiger partial charge in [0.1, 0.15) is 0 Å². The first-order valence-corrected chi connectivity index (χ1v) is 6.14. The van der Waals surface area contributed by atoms with Gasteiger partial charge in [-0.2, -0.15) is 0 Å². The molecule has 4 nitrogen and oxygen atoms in total. The standard InChI is InChI=1S/C4H11O4P.U/c1-2-3-4-8-9(5,6)7;/h2-4H2,1H3,(H2,5,6,7);/q;+1/p-1. The number of hydrogen-bond acceptors (Lipinski definition) is 3. The Balaban J connectivity index is 3.38. The molecule has 0 bridgehead atoms. The normalized spacial score (nSPS) is 16.8. The molecule has 0 aromatic carbocycles. The zero-order chi connectivity index (χ0) is 8.04. The van der Waals surface area contributed by atoms with E-state index in [2.05, 4.69) is 6.55 Å². The molecule has 0 radical (unpaired) electrons. The van der Waals surface area contributed by atoms with Crippen LogP contribution >= 0.6 is 7.82 Å². The van der Waals surface area contributed by atoms with Crippen molar-refractivity contribution in [2.75, 3.05) is 6.61 Å². The summed E-state index contributed by atoms with van der Waals surface area (Å²) in [6.07, 6.45) is 1.74. The fraction of sp³-hybridized carbons (Fsp3) is 1.00. The van der Waals surface area contributed by atoms with Crippen LogP contribution in [0.2, 0.25) is 0 Å². The summed E-state index contributed by atoms with van der Waals surface area (Å²) in [5, 5.41) is 0. The summed E-state index contributed by atoms with van der Waals surface area (Å²) in [6, 6.07) is 0. The summed E-state index contributed by atoms with van der Waals surface area (Å²) in [5.74, 6) is 0. The van der Waals surface area contributed by atoms with Crippen LogP contribution in [0.3, 0.4) is 0 Å². The van der Waals surface area contributed by atoms with Crippen LogP contribution in [0, 0.1) is 29.9 Å². The molecular formula is C4H10O4PU. The second-order valence-electron chi connectivity index (χ2n) is 1.75. The first-order chi connectivity index (χ1) is 4.62. The molecule has 59 valence electrons. The van der Waals surface area contributed by atoms with Gasteiger partial charge >= 0.3 is 80.1 Å². The Morgan fingerprint density at radius 1 is 1.70 bits per heavy atom. The predicted molar refractivity (Wildman–Crippen MR) is 31.8 cm³/mol. The van der Waals surface area contributed by atoms with Crippen LogP contribution in [0.4, 0.5) is 0 Å². The summed E-state index contributed by atoms with van der Waals surface area (Å²) in [6.45, 7) is 2.28. The average molecular weight is 391 g/mol. The van der Waals surface area contributed by atoms with E-state index in [9.17, 15) is 4.57 Å².